The van der Waals surface area contributed by atoms with Crippen LogP contribution in [0.4, 0.5) is 60.0 Å². The van der Waals surface area contributed by atoms with E-state index in [4.69, 9.17) is 20.3 Å². The maximum atomic E-state index is 13.0. The molecule has 460 valence electrons. The summed E-state index contributed by atoms with van der Waals surface area (Å²) in [6.07, 6.45) is 2.97. The molecule has 3 amide bonds. The number of nitrogens with one attached hydrogen (secondary N) is 6. The Kier molecular flexibility index (Phi) is 23.6. The van der Waals surface area contributed by atoms with E-state index in [-0.39, 0.29) is 58.3 Å². The highest BCUT2D eigenvalue weighted by Gasteiger charge is 2.27. The second kappa shape index (κ2) is 30.9. The molecule has 0 radical (unpaired) electrons. The van der Waals surface area contributed by atoms with Gasteiger partial charge >= 0.3 is 30.0 Å². The number of hydrogen-bond donors (Lipinski definition) is 9. The number of benzene rings is 2. The average Bonchev–Trinajstić information content (AvgIpc) is 3.64. The molecule has 6 aromatic heterocycles. The lowest BCUT2D eigenvalue weighted by atomic mass is 10.0. The molecule has 2 aliphatic heterocycles. The lowest BCUT2D eigenvalue weighted by Crippen LogP contribution is -2.46. The van der Waals surface area contributed by atoms with E-state index in [0.29, 0.717) is 47.9 Å². The molecule has 0 aliphatic carbocycles. The molecule has 8 aromatic rings. The Labute approximate surface area is 529 Å². The summed E-state index contributed by atoms with van der Waals surface area (Å²) in [5.74, 6) is -3.61. The Morgan fingerprint density at radius 2 is 0.931 bits per heavy atom. The maximum absolute atomic E-state index is 13.0. The van der Waals surface area contributed by atoms with Gasteiger partial charge in [-0.25, -0.2) is 38.9 Å². The molecule has 2 aromatic carbocycles. The number of thiophene rings is 3. The van der Waals surface area contributed by atoms with Crippen molar-refractivity contribution in [3.05, 3.63) is 131 Å². The van der Waals surface area contributed by atoms with E-state index in [0.717, 1.165) is 91.6 Å². The summed E-state index contributed by atoms with van der Waals surface area (Å²) >= 11 is 7.30. The highest BCUT2D eigenvalue weighted by Crippen LogP contribution is 2.34. The zero-order chi connectivity index (χ0) is 61.5. The molecule has 31 heteroatoms. The van der Waals surface area contributed by atoms with Crippen molar-refractivity contribution in [1.82, 2.24) is 20.3 Å². The Hall–Kier alpha value is -8.23. The lowest BCUT2D eigenvalue weighted by Gasteiger charge is -2.35. The van der Waals surface area contributed by atoms with E-state index in [2.05, 4.69) is 61.4 Å². The third-order valence-corrected chi connectivity index (χ3v) is 17.6. The van der Waals surface area contributed by atoms with Crippen LogP contribution in [0.5, 0.6) is 0 Å². The van der Waals surface area contributed by atoms with Crippen LogP contribution < -0.4 is 47.4 Å². The van der Waals surface area contributed by atoms with Gasteiger partial charge in [0.05, 0.1) is 54.0 Å². The molecule has 0 atom stereocenters. The van der Waals surface area contributed by atoms with Crippen molar-refractivity contribution in [3.63, 3.8) is 0 Å². The number of nitrogens with two attached hydrogens (primary N) is 1. The van der Waals surface area contributed by atoms with Crippen molar-refractivity contribution < 1.29 is 58.0 Å². The minimum absolute atomic E-state index is 0. The number of piperidine rings is 2. The normalized spacial score (nSPS) is 13.2. The Morgan fingerprint density at radius 1 is 0.540 bits per heavy atom. The van der Waals surface area contributed by atoms with Crippen LogP contribution in [0, 0.1) is 0 Å². The number of aromatic carboxylic acids is 2. The van der Waals surface area contributed by atoms with E-state index in [1.54, 1.807) is 45.1 Å². The number of carbonyl (C=O) groups excluding carboxylic acids is 5. The van der Waals surface area contributed by atoms with Gasteiger partial charge in [-0.05, 0) is 105 Å². The molecule has 0 unspecified atom stereocenters. The van der Waals surface area contributed by atoms with Crippen LogP contribution in [0.1, 0.15) is 107 Å². The number of rotatable bonds is 17. The largest absolute Gasteiger partial charge is 0.477 e. The van der Waals surface area contributed by atoms with Crippen LogP contribution in [0.15, 0.2) is 99.0 Å². The second-order valence-corrected chi connectivity index (χ2v) is 25.1. The molecule has 0 saturated carbocycles. The number of amides is 3. The number of carboxylic acids is 2. The van der Waals surface area contributed by atoms with Crippen molar-refractivity contribution in [2.45, 2.75) is 64.1 Å². The van der Waals surface area contributed by atoms with Gasteiger partial charge in [-0.3, -0.25) is 9.59 Å². The van der Waals surface area contributed by atoms with Crippen LogP contribution in [0.2, 0.25) is 0 Å². The van der Waals surface area contributed by atoms with Crippen molar-refractivity contribution >= 4 is 177 Å². The molecule has 0 spiro atoms. The number of para-hydroxylation sites is 4. The summed E-state index contributed by atoms with van der Waals surface area (Å²) in [5, 5.41) is 47.1. The number of nitrogens with zero attached hydrogens (tertiary/aromatic N) is 5. The van der Waals surface area contributed by atoms with Gasteiger partial charge in [0.1, 0.15) is 31.6 Å². The van der Waals surface area contributed by atoms with E-state index < -0.39 is 35.6 Å². The zero-order valence-corrected chi connectivity index (χ0v) is 53.0. The highest BCUT2D eigenvalue weighted by atomic mass is 35.5. The summed E-state index contributed by atoms with van der Waals surface area (Å²) < 4.78 is 14.8. The summed E-state index contributed by atoms with van der Waals surface area (Å²) in [4.78, 5) is 101. The molecule has 87 heavy (non-hydrogen) atoms. The molecule has 2 saturated heterocycles. The average molecular weight is 1320 g/mol. The van der Waals surface area contributed by atoms with Gasteiger partial charge in [-0.1, -0.05) is 24.3 Å². The molecule has 24 nitrogen and oxygen atoms in total. The quantitative estimate of drug-likeness (QED) is 0.0302. The molecular formula is C56H61ClN12O12S6. The third kappa shape index (κ3) is 18.4. The van der Waals surface area contributed by atoms with Gasteiger partial charge in [0.25, 0.3) is 11.8 Å². The number of ether oxygens (including phenoxy) is 3. The van der Waals surface area contributed by atoms with Crippen molar-refractivity contribution in [2.24, 2.45) is 5.73 Å². The molecule has 2 fully saturated rings. The number of aromatic nitrogens is 3. The van der Waals surface area contributed by atoms with Gasteiger partial charge in [0.15, 0.2) is 21.1 Å². The van der Waals surface area contributed by atoms with Gasteiger partial charge in [0.2, 0.25) is 0 Å². The maximum Gasteiger partial charge on any atom is 0.407 e. The zero-order valence-electron chi connectivity index (χ0n) is 47.3. The van der Waals surface area contributed by atoms with Crippen LogP contribution in [-0.2, 0) is 14.2 Å². The van der Waals surface area contributed by atoms with Gasteiger partial charge in [0, 0.05) is 54.4 Å². The first kappa shape index (κ1) is 66.3. The minimum atomic E-state index is -1.09. The van der Waals surface area contributed by atoms with Gasteiger partial charge < -0.3 is 71.9 Å². The summed E-state index contributed by atoms with van der Waals surface area (Å²) in [6.45, 7) is 8.68. The molecule has 8 heterocycles. The van der Waals surface area contributed by atoms with E-state index in [1.807, 2.05) is 69.3 Å². The number of esters is 2. The molecular weight excluding hydrogens is 1260 g/mol. The highest BCUT2D eigenvalue weighted by molar-refractivity contribution is 7.15. The van der Waals surface area contributed by atoms with Crippen LogP contribution in [0.3, 0.4) is 0 Å². The van der Waals surface area contributed by atoms with E-state index in [9.17, 15) is 38.7 Å². The van der Waals surface area contributed by atoms with Crippen LogP contribution in [0.25, 0.3) is 0 Å². The number of thiazole rings is 3. The topological polar surface area (TPSA) is 331 Å². The fraction of sp³-hybridized carbons (Fsp3) is 0.286. The first-order valence-corrected chi connectivity index (χ1v) is 31.6. The van der Waals surface area contributed by atoms with Crippen molar-refractivity contribution in [3.8, 4) is 0 Å². The minimum Gasteiger partial charge on any atom is -0.477 e. The second-order valence-electron chi connectivity index (χ2n) is 19.7. The fourth-order valence-corrected chi connectivity index (χ4v) is 12.8. The SMILES string of the molecule is COC(=O)c1sccc1Nc1nc(C(=O)Nc2ccccc2N2CCC(NC(=O)OC(C)(C)C)CC2)cs1.COC(=O)c1sccc1Nc1nc(C(=O)O)cs1.Cl.NC1CCN(c2ccccc2NC(=O)c2csc(Nc3ccsc3C(=O)O)n2)CC1. The number of halogens is 1. The lowest BCUT2D eigenvalue weighted by molar-refractivity contribution is 0.0494. The first-order valence-electron chi connectivity index (χ1n) is 26.3. The smallest absolute Gasteiger partial charge is 0.407 e. The van der Waals surface area contributed by atoms with Crippen molar-refractivity contribution in [2.75, 3.05) is 76.8 Å². The first-order chi connectivity index (χ1) is 41.2. The Bertz CT molecular complexity index is 3670. The number of alkyl carbamates (subject to hydrolysis) is 1. The fourth-order valence-electron chi connectivity index (χ4n) is 8.50. The summed E-state index contributed by atoms with van der Waals surface area (Å²) in [5.41, 5.74) is 10.9. The number of carboxylic acid groups (broad SMARTS) is 2. The Balaban J connectivity index is 0.000000197. The van der Waals surface area contributed by atoms with Crippen LogP contribution in [-0.4, -0.2) is 125 Å². The number of anilines is 10. The third-order valence-electron chi connectivity index (χ3n) is 12.6. The van der Waals surface area contributed by atoms with Gasteiger partial charge in [-0.2, -0.15) is 0 Å². The predicted molar refractivity (Wildman–Crippen MR) is 346 cm³/mol. The summed E-state index contributed by atoms with van der Waals surface area (Å²) in [6, 6.07) is 20.7. The number of hydrogen-bond acceptors (Lipinski definition) is 25. The monoisotopic (exact) mass is 1320 g/mol. The van der Waals surface area contributed by atoms with Crippen molar-refractivity contribution in [1.29, 1.82) is 0 Å². The molecule has 10 N–H and O–H groups in total. The predicted octanol–water partition coefficient (Wildman–Crippen LogP) is 12.2. The Morgan fingerprint density at radius 3 is 1.33 bits per heavy atom. The molecule has 0 bridgehead atoms. The van der Waals surface area contributed by atoms with Gasteiger partial charge in [-0.15, -0.1) is 80.4 Å². The number of methoxy groups -OCH3 is 2. The van der Waals surface area contributed by atoms with E-state index >= 15 is 0 Å². The van der Waals surface area contributed by atoms with E-state index in [1.165, 1.54) is 64.9 Å². The summed E-state index contributed by atoms with van der Waals surface area (Å²) in [7, 11) is 2.64. The van der Waals surface area contributed by atoms with Crippen LogP contribution >= 0.6 is 80.4 Å². The molecule has 2 aliphatic rings. The number of carbonyl (C=O) groups is 7. The molecule has 10 rings (SSSR count). The standard InChI is InChI=1S/C26H31N5O5S2.C20H21N5O3S2.C10H8N2O4S2.ClH/c1-26(2,3)36-25(34)27-16-9-12-31(13-10-16)20-8-6-5-7-17(20)28-22(32)19-15-38-24(30-19)29-18-11-14-37-21(18)23(33)35-4;21-12-5-8-25(9-6-12)16-4-2-1-3-13(16)22-18(26)15-11-30-20(24-15)23-14-7-10-29-17(14)19(27)28;1-16-9(15)7-5(2-3-17-7)11-10-12-6(4-18-10)8(13)14;/h5-8,11,14-16H,9-10,12-13H2,1-4H3,(H,27,34)(H,28,32)(H,29,30);1-4,7,10-12H,5-6,8-9,21H2,(H,22,26)(H,23,24)(H,27,28);2-4H,1H3,(H,11,12)(H,13,14);1H.